The first-order valence-electron chi connectivity index (χ1n) is 4.42. The van der Waals surface area contributed by atoms with Gasteiger partial charge in [0.15, 0.2) is 0 Å². The van der Waals surface area contributed by atoms with E-state index >= 15 is 0 Å². The second-order valence-corrected chi connectivity index (χ2v) is 4.19. The Kier molecular flexibility index (Phi) is 2.24. The molecule has 1 heterocycles. The zero-order valence-corrected chi connectivity index (χ0v) is 7.60. The van der Waals surface area contributed by atoms with E-state index in [4.69, 9.17) is 11.6 Å². The van der Waals surface area contributed by atoms with E-state index in [1.54, 1.807) is 0 Å². The minimum atomic E-state index is 0.0991. The Bertz CT molecular complexity index is 197. The van der Waals surface area contributed by atoms with E-state index in [2.05, 4.69) is 10.6 Å². The lowest BCUT2D eigenvalue weighted by molar-refractivity contribution is -0.123. The summed E-state index contributed by atoms with van der Waals surface area (Å²) in [5.41, 5.74) is 0. The van der Waals surface area contributed by atoms with Gasteiger partial charge in [-0.05, 0) is 19.3 Å². The van der Waals surface area contributed by atoms with Crippen molar-refractivity contribution < 1.29 is 4.79 Å². The van der Waals surface area contributed by atoms with Gasteiger partial charge >= 0.3 is 0 Å². The molecule has 3 atom stereocenters. The van der Waals surface area contributed by atoms with Crippen molar-refractivity contribution in [3.8, 4) is 0 Å². The second-order valence-electron chi connectivity index (χ2n) is 3.57. The molecule has 1 saturated heterocycles. The first-order chi connectivity index (χ1) is 5.75. The Hall–Kier alpha value is -0.280. The topological polar surface area (TPSA) is 41.1 Å². The molecule has 68 valence electrons. The minimum absolute atomic E-state index is 0.0991. The van der Waals surface area contributed by atoms with Gasteiger partial charge < -0.3 is 10.6 Å². The van der Waals surface area contributed by atoms with Crippen LogP contribution in [0.1, 0.15) is 19.3 Å². The van der Waals surface area contributed by atoms with Gasteiger partial charge in [-0.15, -0.1) is 11.6 Å². The van der Waals surface area contributed by atoms with Gasteiger partial charge in [-0.2, -0.15) is 0 Å². The van der Waals surface area contributed by atoms with Gasteiger partial charge in [0.25, 0.3) is 0 Å². The second kappa shape index (κ2) is 3.23. The molecule has 0 aromatic rings. The highest BCUT2D eigenvalue weighted by molar-refractivity contribution is 6.20. The van der Waals surface area contributed by atoms with Crippen molar-refractivity contribution in [2.75, 3.05) is 6.54 Å². The lowest BCUT2D eigenvalue weighted by Crippen LogP contribution is -2.61. The molecule has 1 amide bonds. The minimum Gasteiger partial charge on any atom is -0.351 e. The standard InChI is InChI=1S/C8H13ClN2O/c9-5-1-2-6-7(3-5)11-8(12)4-10-6/h5-7,10H,1-4H2,(H,11,12). The van der Waals surface area contributed by atoms with E-state index in [1.165, 1.54) is 0 Å². The molecular formula is C8H13ClN2O. The number of alkyl halides is 1. The van der Waals surface area contributed by atoms with Gasteiger partial charge in [0.2, 0.25) is 5.91 Å². The van der Waals surface area contributed by atoms with Crippen LogP contribution in [0.15, 0.2) is 0 Å². The van der Waals surface area contributed by atoms with E-state index in [0.29, 0.717) is 12.6 Å². The Balaban J connectivity index is 1.99. The Morgan fingerprint density at radius 2 is 2.17 bits per heavy atom. The molecule has 2 rings (SSSR count). The molecule has 2 N–H and O–H groups in total. The lowest BCUT2D eigenvalue weighted by atomic mass is 9.88. The molecule has 2 fully saturated rings. The first-order valence-corrected chi connectivity index (χ1v) is 4.86. The highest BCUT2D eigenvalue weighted by Crippen LogP contribution is 2.24. The summed E-state index contributed by atoms with van der Waals surface area (Å²) < 4.78 is 0. The van der Waals surface area contributed by atoms with E-state index in [0.717, 1.165) is 19.3 Å². The van der Waals surface area contributed by atoms with Crippen LogP contribution in [0.25, 0.3) is 0 Å². The van der Waals surface area contributed by atoms with E-state index in [1.807, 2.05) is 0 Å². The van der Waals surface area contributed by atoms with Crippen molar-refractivity contribution >= 4 is 17.5 Å². The third-order valence-corrected chi connectivity index (χ3v) is 3.05. The number of rotatable bonds is 0. The van der Waals surface area contributed by atoms with Crippen LogP contribution < -0.4 is 10.6 Å². The normalized spacial score (nSPS) is 41.8. The molecule has 1 aliphatic carbocycles. The fourth-order valence-corrected chi connectivity index (χ4v) is 2.32. The van der Waals surface area contributed by atoms with Crippen molar-refractivity contribution in [1.29, 1.82) is 0 Å². The predicted octanol–water partition coefficient (Wildman–Crippen LogP) is 0.234. The number of hydrogen-bond donors (Lipinski definition) is 2. The quantitative estimate of drug-likeness (QED) is 0.535. The van der Waals surface area contributed by atoms with Gasteiger partial charge in [0, 0.05) is 17.5 Å². The van der Waals surface area contributed by atoms with Crippen LogP contribution in [-0.4, -0.2) is 29.9 Å². The molecule has 1 aliphatic heterocycles. The summed E-state index contributed by atoms with van der Waals surface area (Å²) in [6.07, 6.45) is 3.05. The molecule has 0 radical (unpaired) electrons. The van der Waals surface area contributed by atoms with Gasteiger partial charge in [-0.25, -0.2) is 0 Å². The number of piperazine rings is 1. The zero-order valence-electron chi connectivity index (χ0n) is 6.85. The van der Waals surface area contributed by atoms with Crippen molar-refractivity contribution in [3.63, 3.8) is 0 Å². The lowest BCUT2D eigenvalue weighted by Gasteiger charge is -2.38. The van der Waals surface area contributed by atoms with Gasteiger partial charge in [-0.1, -0.05) is 0 Å². The first kappa shape index (κ1) is 8.32. The SMILES string of the molecule is O=C1CNC2CCC(Cl)CC2N1. The monoisotopic (exact) mass is 188 g/mol. The van der Waals surface area contributed by atoms with Gasteiger partial charge in [0.05, 0.1) is 6.54 Å². The number of amides is 1. The molecule has 3 nitrogen and oxygen atoms in total. The molecular weight excluding hydrogens is 176 g/mol. The van der Waals surface area contributed by atoms with Crippen molar-refractivity contribution in [3.05, 3.63) is 0 Å². The van der Waals surface area contributed by atoms with Crippen molar-refractivity contribution in [1.82, 2.24) is 10.6 Å². The van der Waals surface area contributed by atoms with E-state index < -0.39 is 0 Å². The molecule has 1 saturated carbocycles. The Morgan fingerprint density at radius 1 is 1.33 bits per heavy atom. The average Bonchev–Trinajstić information content (AvgIpc) is 2.03. The Labute approximate surface area is 76.8 Å². The van der Waals surface area contributed by atoms with Crippen LogP contribution in [0.3, 0.4) is 0 Å². The maximum absolute atomic E-state index is 11.0. The van der Waals surface area contributed by atoms with Crippen LogP contribution in [0.4, 0.5) is 0 Å². The molecule has 12 heavy (non-hydrogen) atoms. The fraction of sp³-hybridized carbons (Fsp3) is 0.875. The van der Waals surface area contributed by atoms with Crippen LogP contribution in [0.2, 0.25) is 0 Å². The molecule has 0 bridgehead atoms. The number of fused-ring (bicyclic) bond motifs is 1. The maximum atomic E-state index is 11.0. The average molecular weight is 189 g/mol. The smallest absolute Gasteiger partial charge is 0.234 e. The summed E-state index contributed by atoms with van der Waals surface area (Å²) in [6.45, 7) is 0.466. The van der Waals surface area contributed by atoms with Crippen LogP contribution in [0, 0.1) is 0 Å². The van der Waals surface area contributed by atoms with Crippen LogP contribution in [0.5, 0.6) is 0 Å². The Morgan fingerprint density at radius 3 is 3.00 bits per heavy atom. The van der Waals surface area contributed by atoms with Crippen molar-refractivity contribution in [2.45, 2.75) is 36.7 Å². The number of hydrogen-bond acceptors (Lipinski definition) is 2. The fourth-order valence-electron chi connectivity index (χ4n) is 2.00. The highest BCUT2D eigenvalue weighted by Gasteiger charge is 2.33. The molecule has 2 aliphatic rings. The third-order valence-electron chi connectivity index (χ3n) is 2.66. The van der Waals surface area contributed by atoms with Crippen LogP contribution >= 0.6 is 11.6 Å². The number of halogens is 1. The molecule has 4 heteroatoms. The van der Waals surface area contributed by atoms with E-state index in [-0.39, 0.29) is 17.3 Å². The summed E-state index contributed by atoms with van der Waals surface area (Å²) >= 11 is 6.01. The molecule has 0 aromatic carbocycles. The molecule has 3 unspecified atom stereocenters. The molecule has 0 spiro atoms. The van der Waals surface area contributed by atoms with Gasteiger partial charge in [0.1, 0.15) is 0 Å². The summed E-state index contributed by atoms with van der Waals surface area (Å²) in [7, 11) is 0. The number of carbonyl (C=O) groups is 1. The van der Waals surface area contributed by atoms with Crippen LogP contribution in [-0.2, 0) is 4.79 Å². The predicted molar refractivity (Wildman–Crippen MR) is 47.2 cm³/mol. The van der Waals surface area contributed by atoms with Gasteiger partial charge in [-0.3, -0.25) is 4.79 Å². The summed E-state index contributed by atoms with van der Waals surface area (Å²) in [5, 5.41) is 6.43. The zero-order chi connectivity index (χ0) is 8.55. The summed E-state index contributed by atoms with van der Waals surface area (Å²) in [6, 6.07) is 0.722. The largest absolute Gasteiger partial charge is 0.351 e. The third kappa shape index (κ3) is 1.57. The molecule has 0 aromatic heterocycles. The number of carbonyl (C=O) groups excluding carboxylic acids is 1. The highest BCUT2D eigenvalue weighted by atomic mass is 35.5. The maximum Gasteiger partial charge on any atom is 0.234 e. The summed E-state index contributed by atoms with van der Waals surface area (Å²) in [4.78, 5) is 11.0. The number of nitrogens with one attached hydrogen (secondary N) is 2. The van der Waals surface area contributed by atoms with E-state index in [9.17, 15) is 4.79 Å². The summed E-state index contributed by atoms with van der Waals surface area (Å²) in [5.74, 6) is 0.0991. The van der Waals surface area contributed by atoms with Crippen molar-refractivity contribution in [2.24, 2.45) is 0 Å².